The lowest BCUT2D eigenvalue weighted by Crippen LogP contribution is -2.41. The van der Waals surface area contributed by atoms with Crippen molar-refractivity contribution in [3.05, 3.63) is 64.7 Å². The molecule has 6 nitrogen and oxygen atoms in total. The van der Waals surface area contributed by atoms with Gasteiger partial charge in [0.1, 0.15) is 5.75 Å². The first-order valence-corrected chi connectivity index (χ1v) is 11.5. The van der Waals surface area contributed by atoms with Crippen LogP contribution < -0.4 is 4.74 Å². The monoisotopic (exact) mass is 436 g/mol. The van der Waals surface area contributed by atoms with Crippen molar-refractivity contribution < 1.29 is 19.1 Å². The second-order valence-corrected chi connectivity index (χ2v) is 8.77. The number of likely N-dealkylation sites (tertiary alicyclic amines) is 1. The predicted molar refractivity (Wildman–Crippen MR) is 123 cm³/mol. The fourth-order valence-corrected chi connectivity index (χ4v) is 4.35. The van der Waals surface area contributed by atoms with Gasteiger partial charge in [-0.25, -0.2) is 0 Å². The minimum absolute atomic E-state index is 0.00200. The van der Waals surface area contributed by atoms with Crippen LogP contribution in [0.25, 0.3) is 0 Å². The van der Waals surface area contributed by atoms with Gasteiger partial charge in [-0.15, -0.1) is 0 Å². The molecule has 0 radical (unpaired) electrons. The fraction of sp³-hybridized carbons (Fsp3) is 0.462. The van der Waals surface area contributed by atoms with Gasteiger partial charge in [0.25, 0.3) is 11.8 Å². The van der Waals surface area contributed by atoms with Gasteiger partial charge in [-0.05, 0) is 56.4 Å². The highest BCUT2D eigenvalue weighted by Gasteiger charge is 2.26. The molecule has 32 heavy (non-hydrogen) atoms. The number of hydrogen-bond donors (Lipinski definition) is 0. The Balaban J connectivity index is 1.32. The maximum absolute atomic E-state index is 13.0. The van der Waals surface area contributed by atoms with Gasteiger partial charge in [-0.2, -0.15) is 0 Å². The first-order valence-electron chi connectivity index (χ1n) is 11.5. The molecule has 0 saturated carbocycles. The molecule has 2 aliphatic rings. The highest BCUT2D eigenvalue weighted by molar-refractivity contribution is 5.97. The predicted octanol–water partition coefficient (Wildman–Crippen LogP) is 3.71. The minimum atomic E-state index is -0.00200. The number of ether oxygens (including phenoxy) is 2. The average Bonchev–Trinajstić information content (AvgIpc) is 2.84. The number of amides is 2. The van der Waals surface area contributed by atoms with E-state index < -0.39 is 0 Å². The van der Waals surface area contributed by atoms with Gasteiger partial charge >= 0.3 is 0 Å². The summed E-state index contributed by atoms with van der Waals surface area (Å²) in [7, 11) is 0. The van der Waals surface area contributed by atoms with Gasteiger partial charge in [-0.1, -0.05) is 29.8 Å². The average molecular weight is 437 g/mol. The Labute approximate surface area is 190 Å². The van der Waals surface area contributed by atoms with E-state index in [9.17, 15) is 9.59 Å². The molecule has 2 aromatic rings. The molecule has 2 aromatic carbocycles. The van der Waals surface area contributed by atoms with E-state index in [1.807, 2.05) is 66.1 Å². The van der Waals surface area contributed by atoms with E-state index in [-0.39, 0.29) is 11.8 Å². The highest BCUT2D eigenvalue weighted by Crippen LogP contribution is 2.25. The van der Waals surface area contributed by atoms with Crippen LogP contribution in [0.15, 0.2) is 42.5 Å². The number of aryl methyl sites for hydroxylation is 2. The van der Waals surface area contributed by atoms with Crippen molar-refractivity contribution in [1.82, 2.24) is 9.80 Å². The second kappa shape index (κ2) is 10.2. The quantitative estimate of drug-likeness (QED) is 0.717. The van der Waals surface area contributed by atoms with Crippen molar-refractivity contribution in [3.63, 3.8) is 0 Å². The summed E-state index contributed by atoms with van der Waals surface area (Å²) in [5, 5.41) is 0. The molecule has 170 valence electrons. The first-order chi connectivity index (χ1) is 15.5. The molecule has 2 aliphatic heterocycles. The third-order valence-corrected chi connectivity index (χ3v) is 6.42. The van der Waals surface area contributed by atoms with Gasteiger partial charge < -0.3 is 19.3 Å². The molecule has 4 rings (SSSR count). The highest BCUT2D eigenvalue weighted by atomic mass is 16.5. The molecule has 0 atom stereocenters. The summed E-state index contributed by atoms with van der Waals surface area (Å²) in [4.78, 5) is 29.7. The number of para-hydroxylation sites is 1. The summed E-state index contributed by atoms with van der Waals surface area (Å²) in [5.41, 5.74) is 3.53. The number of rotatable bonds is 5. The summed E-state index contributed by atoms with van der Waals surface area (Å²) in [6, 6.07) is 13.5. The molecular weight excluding hydrogens is 404 g/mol. The first kappa shape index (κ1) is 22.3. The van der Waals surface area contributed by atoms with Gasteiger partial charge in [0, 0.05) is 31.7 Å². The van der Waals surface area contributed by atoms with Crippen LogP contribution >= 0.6 is 0 Å². The van der Waals surface area contributed by atoms with Crippen molar-refractivity contribution in [1.29, 1.82) is 0 Å². The number of morpholine rings is 1. The summed E-state index contributed by atoms with van der Waals surface area (Å²) >= 11 is 0. The summed E-state index contributed by atoms with van der Waals surface area (Å²) in [6.07, 6.45) is 1.80. The van der Waals surface area contributed by atoms with Crippen LogP contribution in [0.5, 0.6) is 5.75 Å². The van der Waals surface area contributed by atoms with E-state index >= 15 is 0 Å². The zero-order chi connectivity index (χ0) is 22.5. The number of carbonyl (C=O) groups excluding carboxylic acids is 2. The third-order valence-electron chi connectivity index (χ3n) is 6.42. The van der Waals surface area contributed by atoms with Gasteiger partial charge in [0.05, 0.1) is 25.4 Å². The SMILES string of the molecule is Cc1ccc(C)c(C(=O)N2CCC(COc3ccccc3C(=O)N3CCOCC3)CC2)c1. The fourth-order valence-electron chi connectivity index (χ4n) is 4.35. The Morgan fingerprint density at radius 2 is 1.56 bits per heavy atom. The van der Waals surface area contributed by atoms with Crippen molar-refractivity contribution in [2.45, 2.75) is 26.7 Å². The molecule has 0 aromatic heterocycles. The summed E-state index contributed by atoms with van der Waals surface area (Å²) in [5.74, 6) is 1.12. The summed E-state index contributed by atoms with van der Waals surface area (Å²) in [6.45, 7) is 8.40. The third kappa shape index (κ3) is 5.13. The van der Waals surface area contributed by atoms with E-state index in [2.05, 4.69) is 0 Å². The maximum atomic E-state index is 13.0. The Kier molecular flexibility index (Phi) is 7.10. The molecular formula is C26H32N2O4. The van der Waals surface area contributed by atoms with Crippen molar-refractivity contribution in [2.75, 3.05) is 46.0 Å². The second-order valence-electron chi connectivity index (χ2n) is 8.77. The lowest BCUT2D eigenvalue weighted by atomic mass is 9.96. The molecule has 0 N–H and O–H groups in total. The number of benzene rings is 2. The number of carbonyl (C=O) groups is 2. The lowest BCUT2D eigenvalue weighted by molar-refractivity contribution is 0.0299. The maximum Gasteiger partial charge on any atom is 0.257 e. The van der Waals surface area contributed by atoms with Crippen LogP contribution in [-0.4, -0.2) is 67.6 Å². The van der Waals surface area contributed by atoms with E-state index in [1.54, 1.807) is 0 Å². The van der Waals surface area contributed by atoms with E-state index in [0.717, 1.165) is 42.6 Å². The zero-order valence-corrected chi connectivity index (χ0v) is 19.0. The van der Waals surface area contributed by atoms with E-state index in [1.165, 1.54) is 0 Å². The Bertz CT molecular complexity index is 960. The van der Waals surface area contributed by atoms with Crippen LogP contribution in [0, 0.1) is 19.8 Å². The molecule has 0 spiro atoms. The van der Waals surface area contributed by atoms with Crippen LogP contribution in [0.2, 0.25) is 0 Å². The Morgan fingerprint density at radius 3 is 2.31 bits per heavy atom. The number of piperidine rings is 1. The molecule has 2 saturated heterocycles. The lowest BCUT2D eigenvalue weighted by Gasteiger charge is -2.32. The normalized spacial score (nSPS) is 17.3. The van der Waals surface area contributed by atoms with E-state index in [0.29, 0.717) is 50.1 Å². The number of hydrogen-bond acceptors (Lipinski definition) is 4. The van der Waals surface area contributed by atoms with E-state index in [4.69, 9.17) is 9.47 Å². The van der Waals surface area contributed by atoms with Crippen molar-refractivity contribution in [3.8, 4) is 5.75 Å². The molecule has 2 heterocycles. The van der Waals surface area contributed by atoms with Crippen LogP contribution in [-0.2, 0) is 4.74 Å². The Hall–Kier alpha value is -2.86. The van der Waals surface area contributed by atoms with Crippen molar-refractivity contribution in [2.24, 2.45) is 5.92 Å². The molecule has 0 aliphatic carbocycles. The van der Waals surface area contributed by atoms with Crippen molar-refractivity contribution >= 4 is 11.8 Å². The smallest absolute Gasteiger partial charge is 0.257 e. The molecule has 2 fully saturated rings. The molecule has 0 bridgehead atoms. The molecule has 2 amide bonds. The molecule has 6 heteroatoms. The van der Waals surface area contributed by atoms with Crippen LogP contribution in [0.3, 0.4) is 0 Å². The number of nitrogens with zero attached hydrogens (tertiary/aromatic N) is 2. The Morgan fingerprint density at radius 1 is 0.906 bits per heavy atom. The zero-order valence-electron chi connectivity index (χ0n) is 19.0. The molecule has 0 unspecified atom stereocenters. The van der Waals surface area contributed by atoms with Crippen LogP contribution in [0.4, 0.5) is 0 Å². The van der Waals surface area contributed by atoms with Gasteiger partial charge in [0.2, 0.25) is 0 Å². The van der Waals surface area contributed by atoms with Crippen LogP contribution in [0.1, 0.15) is 44.7 Å². The van der Waals surface area contributed by atoms with Gasteiger partial charge in [0.15, 0.2) is 0 Å². The standard InChI is InChI=1S/C26H32N2O4/c1-19-7-8-20(2)23(17-19)26(30)27-11-9-21(10-12-27)18-32-24-6-4-3-5-22(24)25(29)28-13-15-31-16-14-28/h3-8,17,21H,9-16,18H2,1-2H3. The summed E-state index contributed by atoms with van der Waals surface area (Å²) < 4.78 is 11.5. The minimum Gasteiger partial charge on any atom is -0.492 e. The topological polar surface area (TPSA) is 59.1 Å². The van der Waals surface area contributed by atoms with Gasteiger partial charge in [-0.3, -0.25) is 9.59 Å². The largest absolute Gasteiger partial charge is 0.492 e.